The molecule has 1 aliphatic carbocycles. The van der Waals surface area contributed by atoms with E-state index in [9.17, 15) is 14.4 Å². The fraction of sp³-hybridized carbons (Fsp3) is 0.643. The molecule has 0 bridgehead atoms. The largest absolute Gasteiger partial charge is 0.468 e. The summed E-state index contributed by atoms with van der Waals surface area (Å²) in [6, 6.07) is 0. The van der Waals surface area contributed by atoms with Crippen molar-refractivity contribution in [2.75, 3.05) is 14.2 Å². The van der Waals surface area contributed by atoms with Gasteiger partial charge < -0.3 is 14.2 Å². The molecular weight excluding hydrogens is 264 g/mol. The lowest BCUT2D eigenvalue weighted by Crippen LogP contribution is -2.53. The smallest absolute Gasteiger partial charge is 0.324 e. The fourth-order valence-electron chi connectivity index (χ4n) is 3.52. The van der Waals surface area contributed by atoms with Gasteiger partial charge in [0.25, 0.3) is 0 Å². The van der Waals surface area contributed by atoms with Crippen molar-refractivity contribution in [3.63, 3.8) is 0 Å². The Balaban J connectivity index is 2.57. The Kier molecular flexibility index (Phi) is 3.36. The van der Waals surface area contributed by atoms with E-state index in [2.05, 4.69) is 0 Å². The molecule has 1 aliphatic heterocycles. The van der Waals surface area contributed by atoms with Crippen molar-refractivity contribution in [1.82, 2.24) is 0 Å². The third-order valence-electron chi connectivity index (χ3n) is 4.30. The zero-order valence-electron chi connectivity index (χ0n) is 12.0. The van der Waals surface area contributed by atoms with Crippen molar-refractivity contribution in [1.29, 1.82) is 0 Å². The summed E-state index contributed by atoms with van der Waals surface area (Å²) >= 11 is 0. The molecule has 1 heterocycles. The van der Waals surface area contributed by atoms with Gasteiger partial charge in [-0.1, -0.05) is 12.2 Å². The third kappa shape index (κ3) is 1.60. The number of rotatable bonds is 3. The number of fused-ring (bicyclic) bond motifs is 1. The highest BCUT2D eigenvalue weighted by atomic mass is 16.6. The minimum atomic E-state index is -1.53. The van der Waals surface area contributed by atoms with Crippen molar-refractivity contribution in [3.8, 4) is 0 Å². The van der Waals surface area contributed by atoms with Crippen LogP contribution >= 0.6 is 0 Å². The number of allylic oxidation sites excluding steroid dienone is 2. The highest BCUT2D eigenvalue weighted by Crippen LogP contribution is 2.60. The molecule has 0 aromatic heterocycles. The molecule has 0 spiro atoms. The third-order valence-corrected chi connectivity index (χ3v) is 4.30. The van der Waals surface area contributed by atoms with Crippen LogP contribution in [0.4, 0.5) is 0 Å². The van der Waals surface area contributed by atoms with Gasteiger partial charge in [0.1, 0.15) is 11.5 Å². The van der Waals surface area contributed by atoms with E-state index in [1.165, 1.54) is 14.2 Å². The maximum absolute atomic E-state index is 12.3. The number of hydrogen-bond acceptors (Lipinski definition) is 6. The average Bonchev–Trinajstić information content (AvgIpc) is 2.62. The molecule has 2 rings (SSSR count). The molecule has 1 saturated carbocycles. The van der Waals surface area contributed by atoms with Gasteiger partial charge in [0.2, 0.25) is 0 Å². The minimum absolute atomic E-state index is 0.0742. The topological polar surface area (TPSA) is 78.9 Å². The lowest BCUT2D eigenvalue weighted by molar-refractivity contribution is -0.204. The predicted molar refractivity (Wildman–Crippen MR) is 67.4 cm³/mol. The summed E-state index contributed by atoms with van der Waals surface area (Å²) in [6.45, 7) is 3.49. The monoisotopic (exact) mass is 282 g/mol. The van der Waals surface area contributed by atoms with Crippen LogP contribution in [0.2, 0.25) is 0 Å². The van der Waals surface area contributed by atoms with Crippen LogP contribution in [-0.4, -0.2) is 37.7 Å². The molecule has 0 aromatic rings. The maximum atomic E-state index is 12.3. The fourth-order valence-corrected chi connectivity index (χ4v) is 3.52. The quantitative estimate of drug-likeness (QED) is 0.330. The van der Waals surface area contributed by atoms with Crippen LogP contribution in [0.25, 0.3) is 0 Å². The first-order chi connectivity index (χ1) is 9.37. The molecular formula is C14H18O6. The van der Waals surface area contributed by atoms with Crippen molar-refractivity contribution >= 4 is 17.9 Å². The number of carbonyl (C=O) groups excluding carboxylic acids is 3. The Hall–Kier alpha value is -1.85. The zero-order chi connectivity index (χ0) is 15.1. The molecule has 0 unspecified atom stereocenters. The van der Waals surface area contributed by atoms with E-state index in [-0.39, 0.29) is 6.42 Å². The molecule has 6 nitrogen and oxygen atoms in total. The van der Waals surface area contributed by atoms with Crippen LogP contribution < -0.4 is 0 Å². The van der Waals surface area contributed by atoms with Gasteiger partial charge in [-0.05, 0) is 13.8 Å². The summed E-state index contributed by atoms with van der Waals surface area (Å²) in [4.78, 5) is 36.3. The van der Waals surface area contributed by atoms with Gasteiger partial charge >= 0.3 is 17.9 Å². The van der Waals surface area contributed by atoms with Gasteiger partial charge in [-0.15, -0.1) is 0 Å². The van der Waals surface area contributed by atoms with Crippen LogP contribution in [0, 0.1) is 17.3 Å². The normalized spacial score (nSPS) is 34.1. The number of hydrogen-bond donors (Lipinski definition) is 0. The van der Waals surface area contributed by atoms with E-state index in [0.717, 1.165) is 0 Å². The molecule has 3 atom stereocenters. The molecule has 2 aliphatic rings. The van der Waals surface area contributed by atoms with Crippen molar-refractivity contribution in [3.05, 3.63) is 12.2 Å². The second-order valence-corrected chi connectivity index (χ2v) is 5.39. The first kappa shape index (κ1) is 14.6. The van der Waals surface area contributed by atoms with E-state index in [4.69, 9.17) is 14.2 Å². The van der Waals surface area contributed by atoms with Gasteiger partial charge in [-0.3, -0.25) is 14.4 Å². The summed E-state index contributed by atoms with van der Waals surface area (Å²) in [5.74, 6) is -2.93. The van der Waals surface area contributed by atoms with Crippen LogP contribution in [0.15, 0.2) is 12.2 Å². The van der Waals surface area contributed by atoms with Crippen LogP contribution in [0.3, 0.4) is 0 Å². The molecule has 1 saturated heterocycles. The second-order valence-electron chi connectivity index (χ2n) is 5.39. The molecule has 20 heavy (non-hydrogen) atoms. The van der Waals surface area contributed by atoms with E-state index < -0.39 is 40.8 Å². The summed E-state index contributed by atoms with van der Waals surface area (Å²) in [7, 11) is 2.43. The second kappa shape index (κ2) is 4.61. The Labute approximate surface area is 117 Å². The van der Waals surface area contributed by atoms with E-state index >= 15 is 0 Å². The molecule has 0 amide bonds. The van der Waals surface area contributed by atoms with E-state index in [0.29, 0.717) is 0 Å². The van der Waals surface area contributed by atoms with Gasteiger partial charge in [0.15, 0.2) is 5.41 Å². The molecule has 0 N–H and O–H groups in total. The maximum Gasteiger partial charge on any atom is 0.324 e. The first-order valence-electron chi connectivity index (χ1n) is 6.40. The highest BCUT2D eigenvalue weighted by Gasteiger charge is 2.75. The van der Waals surface area contributed by atoms with Crippen LogP contribution in [0.5, 0.6) is 0 Å². The number of ether oxygens (including phenoxy) is 3. The van der Waals surface area contributed by atoms with Gasteiger partial charge in [-0.25, -0.2) is 0 Å². The van der Waals surface area contributed by atoms with Crippen molar-refractivity contribution < 1.29 is 28.6 Å². The van der Waals surface area contributed by atoms with E-state index in [1.807, 2.05) is 0 Å². The standard InChI is InChI=1S/C14H18O6/c1-5-6-8-9-10(15)20-13(9,2)7-14(8,11(16)18-3)12(17)19-4/h5-6,8-9H,7H2,1-4H3/b6-5+/t8-,9+,13+/m0/s1. The molecule has 6 heteroatoms. The summed E-state index contributed by atoms with van der Waals surface area (Å²) < 4.78 is 14.8. The molecule has 0 aromatic carbocycles. The highest BCUT2D eigenvalue weighted by molar-refractivity contribution is 6.03. The SMILES string of the molecule is C/C=C/[C@H]1[C@@H]2C(=O)O[C@]2(C)CC1(C(=O)OC)C(=O)OC. The van der Waals surface area contributed by atoms with Gasteiger partial charge in [0, 0.05) is 12.3 Å². The van der Waals surface area contributed by atoms with Crippen LogP contribution in [0.1, 0.15) is 20.3 Å². The lowest BCUT2D eigenvalue weighted by atomic mass is 9.74. The van der Waals surface area contributed by atoms with Crippen molar-refractivity contribution in [2.24, 2.45) is 17.3 Å². The lowest BCUT2D eigenvalue weighted by Gasteiger charge is -2.41. The van der Waals surface area contributed by atoms with E-state index in [1.54, 1.807) is 26.0 Å². The summed E-state index contributed by atoms with van der Waals surface area (Å²) in [5.41, 5.74) is -2.36. The molecule has 0 radical (unpaired) electrons. The average molecular weight is 282 g/mol. The Bertz CT molecular complexity index is 478. The Morgan fingerprint density at radius 1 is 1.30 bits per heavy atom. The molecule has 110 valence electrons. The summed E-state index contributed by atoms with van der Waals surface area (Å²) in [6.07, 6.45) is 3.47. The Morgan fingerprint density at radius 2 is 1.85 bits per heavy atom. The minimum Gasteiger partial charge on any atom is -0.468 e. The van der Waals surface area contributed by atoms with Gasteiger partial charge in [-0.2, -0.15) is 0 Å². The van der Waals surface area contributed by atoms with Crippen molar-refractivity contribution in [2.45, 2.75) is 25.9 Å². The summed E-state index contributed by atoms with van der Waals surface area (Å²) in [5, 5.41) is 0. The first-order valence-corrected chi connectivity index (χ1v) is 6.40. The predicted octanol–water partition coefficient (Wildman–Crippen LogP) is 0.847. The Morgan fingerprint density at radius 3 is 2.25 bits per heavy atom. The number of methoxy groups -OCH3 is 2. The number of carbonyl (C=O) groups is 3. The number of esters is 3. The zero-order valence-corrected chi connectivity index (χ0v) is 12.0. The van der Waals surface area contributed by atoms with Gasteiger partial charge in [0.05, 0.1) is 14.2 Å². The van der Waals surface area contributed by atoms with Crippen LogP contribution in [-0.2, 0) is 28.6 Å². The molecule has 2 fully saturated rings.